The fraction of sp³-hybridized carbons (Fsp3) is 0.467. The van der Waals surface area contributed by atoms with Crippen molar-refractivity contribution < 1.29 is 4.79 Å². The molecule has 1 fully saturated rings. The van der Waals surface area contributed by atoms with Crippen LogP contribution in [0.1, 0.15) is 42.2 Å². The Morgan fingerprint density at radius 1 is 1.41 bits per heavy atom. The number of hydrogen-bond acceptors (Lipinski definition) is 6. The number of aryl methyl sites for hydroxylation is 2. The summed E-state index contributed by atoms with van der Waals surface area (Å²) in [6.07, 6.45) is 3.80. The van der Waals surface area contributed by atoms with Crippen molar-refractivity contribution in [1.29, 1.82) is 0 Å². The summed E-state index contributed by atoms with van der Waals surface area (Å²) in [7, 11) is 0. The molecule has 3 rings (SSSR count). The SMILES string of the molecule is CC(=O)N1CCC[C@H]1c1cc(Nc2ncc(C)s2)nc(C)n1. The number of hydrogen-bond donors (Lipinski definition) is 1. The molecule has 6 nitrogen and oxygen atoms in total. The van der Waals surface area contributed by atoms with Crippen molar-refractivity contribution in [2.45, 2.75) is 39.7 Å². The van der Waals surface area contributed by atoms with Crippen molar-refractivity contribution in [2.75, 3.05) is 11.9 Å². The van der Waals surface area contributed by atoms with Crippen LogP contribution in [0.15, 0.2) is 12.3 Å². The number of aromatic nitrogens is 3. The van der Waals surface area contributed by atoms with E-state index in [1.807, 2.05) is 31.0 Å². The first-order chi connectivity index (χ1) is 10.5. The lowest BCUT2D eigenvalue weighted by molar-refractivity contribution is -0.129. The van der Waals surface area contributed by atoms with Gasteiger partial charge in [0.2, 0.25) is 5.91 Å². The summed E-state index contributed by atoms with van der Waals surface area (Å²) in [6.45, 7) is 6.30. The predicted octanol–water partition coefficient (Wildman–Crippen LogP) is 2.98. The van der Waals surface area contributed by atoms with Gasteiger partial charge in [0, 0.05) is 30.6 Å². The van der Waals surface area contributed by atoms with Gasteiger partial charge in [-0.05, 0) is 26.7 Å². The van der Waals surface area contributed by atoms with Gasteiger partial charge in [-0.3, -0.25) is 4.79 Å². The van der Waals surface area contributed by atoms with Gasteiger partial charge in [0.25, 0.3) is 0 Å². The number of amides is 1. The monoisotopic (exact) mass is 317 g/mol. The summed E-state index contributed by atoms with van der Waals surface area (Å²) in [6, 6.07) is 1.98. The Labute approximate surface area is 133 Å². The molecule has 116 valence electrons. The summed E-state index contributed by atoms with van der Waals surface area (Å²) in [5.74, 6) is 1.53. The van der Waals surface area contributed by atoms with Crippen molar-refractivity contribution in [1.82, 2.24) is 19.9 Å². The number of thiazole rings is 1. The highest BCUT2D eigenvalue weighted by molar-refractivity contribution is 7.15. The number of carbonyl (C=O) groups excluding carboxylic acids is 1. The average molecular weight is 317 g/mol. The highest BCUT2D eigenvalue weighted by Crippen LogP contribution is 2.32. The molecule has 0 spiro atoms. The molecule has 1 saturated heterocycles. The van der Waals surface area contributed by atoms with Crippen molar-refractivity contribution in [3.8, 4) is 0 Å². The first-order valence-corrected chi connectivity index (χ1v) is 8.17. The van der Waals surface area contributed by atoms with E-state index in [1.54, 1.807) is 18.3 Å². The molecule has 2 aromatic heterocycles. The highest BCUT2D eigenvalue weighted by atomic mass is 32.1. The standard InChI is InChI=1S/C15H19N5OS/c1-9-8-16-15(22-9)19-14-7-12(17-10(2)18-14)13-5-4-6-20(13)11(3)21/h7-8,13H,4-6H2,1-3H3,(H,16,17,18,19)/t13-/m0/s1. The number of anilines is 2. The van der Waals surface area contributed by atoms with E-state index >= 15 is 0 Å². The topological polar surface area (TPSA) is 71.0 Å². The lowest BCUT2D eigenvalue weighted by Gasteiger charge is -2.23. The maximum Gasteiger partial charge on any atom is 0.220 e. The Balaban J connectivity index is 1.88. The Hall–Kier alpha value is -2.02. The van der Waals surface area contributed by atoms with Crippen LogP contribution < -0.4 is 5.32 Å². The van der Waals surface area contributed by atoms with E-state index in [0.717, 1.165) is 40.9 Å². The normalized spacial score (nSPS) is 17.8. The maximum absolute atomic E-state index is 11.8. The first-order valence-electron chi connectivity index (χ1n) is 7.35. The molecule has 22 heavy (non-hydrogen) atoms. The largest absolute Gasteiger partial charge is 0.334 e. The molecule has 0 aliphatic carbocycles. The Morgan fingerprint density at radius 2 is 2.23 bits per heavy atom. The van der Waals surface area contributed by atoms with Gasteiger partial charge in [-0.1, -0.05) is 0 Å². The zero-order valence-corrected chi connectivity index (χ0v) is 13.8. The lowest BCUT2D eigenvalue weighted by atomic mass is 10.1. The van der Waals surface area contributed by atoms with Crippen molar-refractivity contribution in [3.63, 3.8) is 0 Å². The van der Waals surface area contributed by atoms with E-state index in [2.05, 4.69) is 20.3 Å². The van der Waals surface area contributed by atoms with Gasteiger partial charge in [0.05, 0.1) is 11.7 Å². The van der Waals surface area contributed by atoms with Gasteiger partial charge in [-0.15, -0.1) is 11.3 Å². The van der Waals surface area contributed by atoms with Crippen LogP contribution in [0.3, 0.4) is 0 Å². The molecule has 1 aliphatic heterocycles. The van der Waals surface area contributed by atoms with E-state index in [-0.39, 0.29) is 11.9 Å². The van der Waals surface area contributed by atoms with Gasteiger partial charge in [0.1, 0.15) is 11.6 Å². The van der Waals surface area contributed by atoms with Crippen molar-refractivity contribution in [2.24, 2.45) is 0 Å². The number of nitrogens with zero attached hydrogens (tertiary/aromatic N) is 4. The van der Waals surface area contributed by atoms with Gasteiger partial charge in [0.15, 0.2) is 5.13 Å². The van der Waals surface area contributed by atoms with E-state index < -0.39 is 0 Å². The van der Waals surface area contributed by atoms with Gasteiger partial charge in [-0.2, -0.15) is 0 Å². The van der Waals surface area contributed by atoms with Crippen molar-refractivity contribution in [3.05, 3.63) is 28.7 Å². The van der Waals surface area contributed by atoms with Crippen molar-refractivity contribution >= 4 is 28.2 Å². The van der Waals surface area contributed by atoms with Crippen LogP contribution in [0.4, 0.5) is 10.9 Å². The van der Waals surface area contributed by atoms with E-state index in [4.69, 9.17) is 0 Å². The van der Waals surface area contributed by atoms with Gasteiger partial charge < -0.3 is 10.2 Å². The average Bonchev–Trinajstić information content (AvgIpc) is 3.07. The molecule has 1 amide bonds. The van der Waals surface area contributed by atoms with Gasteiger partial charge >= 0.3 is 0 Å². The van der Waals surface area contributed by atoms with Crippen LogP contribution in [-0.2, 0) is 4.79 Å². The fourth-order valence-corrected chi connectivity index (χ4v) is 3.47. The smallest absolute Gasteiger partial charge is 0.220 e. The van der Waals surface area contributed by atoms with Crippen LogP contribution in [0.2, 0.25) is 0 Å². The highest BCUT2D eigenvalue weighted by Gasteiger charge is 2.29. The number of rotatable bonds is 3. The second-order valence-electron chi connectivity index (χ2n) is 5.50. The zero-order chi connectivity index (χ0) is 15.7. The second kappa shape index (κ2) is 6.00. The van der Waals surface area contributed by atoms with E-state index in [9.17, 15) is 4.79 Å². The molecule has 0 radical (unpaired) electrons. The van der Waals surface area contributed by atoms with Crippen LogP contribution >= 0.6 is 11.3 Å². The molecule has 0 unspecified atom stereocenters. The minimum atomic E-state index is 0.0535. The molecule has 1 atom stereocenters. The third kappa shape index (κ3) is 3.09. The molecule has 3 heterocycles. The number of carbonyl (C=O) groups is 1. The lowest BCUT2D eigenvalue weighted by Crippen LogP contribution is -2.28. The van der Waals surface area contributed by atoms with E-state index in [0.29, 0.717) is 5.82 Å². The van der Waals surface area contributed by atoms with Gasteiger partial charge in [-0.25, -0.2) is 15.0 Å². The Kier molecular flexibility index (Phi) is 4.06. The minimum absolute atomic E-state index is 0.0535. The molecule has 2 aromatic rings. The molecule has 1 N–H and O–H groups in total. The fourth-order valence-electron chi connectivity index (χ4n) is 2.80. The van der Waals surface area contributed by atoms with Crippen LogP contribution in [-0.4, -0.2) is 32.3 Å². The molecular weight excluding hydrogens is 298 g/mol. The molecule has 1 aliphatic rings. The summed E-state index contributed by atoms with van der Waals surface area (Å²) < 4.78 is 0. The van der Waals surface area contributed by atoms with Crippen LogP contribution in [0.25, 0.3) is 0 Å². The molecule has 0 saturated carbocycles. The number of likely N-dealkylation sites (tertiary alicyclic amines) is 1. The molecule has 0 aromatic carbocycles. The third-order valence-electron chi connectivity index (χ3n) is 3.71. The third-order valence-corrected chi connectivity index (χ3v) is 4.54. The predicted molar refractivity (Wildman–Crippen MR) is 86.3 cm³/mol. The number of nitrogens with one attached hydrogen (secondary N) is 1. The summed E-state index contributed by atoms with van der Waals surface area (Å²) in [5.41, 5.74) is 0.899. The summed E-state index contributed by atoms with van der Waals surface area (Å²) in [5, 5.41) is 4.04. The molecule has 0 bridgehead atoms. The zero-order valence-electron chi connectivity index (χ0n) is 13.0. The second-order valence-corrected chi connectivity index (χ2v) is 6.73. The van der Waals surface area contributed by atoms with E-state index in [1.165, 1.54) is 0 Å². The maximum atomic E-state index is 11.8. The van der Waals surface area contributed by atoms with Crippen LogP contribution in [0, 0.1) is 13.8 Å². The summed E-state index contributed by atoms with van der Waals surface area (Å²) >= 11 is 1.58. The molecule has 7 heteroatoms. The Morgan fingerprint density at radius 3 is 2.91 bits per heavy atom. The summed E-state index contributed by atoms with van der Waals surface area (Å²) in [4.78, 5) is 28.0. The first kappa shape index (κ1) is 14.9. The Bertz CT molecular complexity index is 699. The van der Waals surface area contributed by atoms with Crippen LogP contribution in [0.5, 0.6) is 0 Å². The molecular formula is C15H19N5OS. The minimum Gasteiger partial charge on any atom is -0.334 e. The quantitative estimate of drug-likeness (QED) is 0.942.